The highest BCUT2D eigenvalue weighted by atomic mass is 28.4. The van der Waals surface area contributed by atoms with Gasteiger partial charge in [-0.3, -0.25) is 14.4 Å². The van der Waals surface area contributed by atoms with Crippen LogP contribution >= 0.6 is 0 Å². The lowest BCUT2D eigenvalue weighted by Gasteiger charge is -2.51. The molecule has 438 valence electrons. The van der Waals surface area contributed by atoms with Gasteiger partial charge in [-0.15, -0.1) is 0 Å². The Hall–Kier alpha value is -4.19. The number of likely N-dealkylation sites (N-methyl/N-ethyl adjacent to an activating group) is 1. The number of aliphatic hydroxyl groups is 1. The minimum absolute atomic E-state index is 0.00369. The number of carbonyl (C=O) groups excluding carboxylic acids is 4. The molecule has 0 aliphatic carbocycles. The van der Waals surface area contributed by atoms with Crippen molar-refractivity contribution >= 4 is 43.1 Å². The van der Waals surface area contributed by atoms with Gasteiger partial charge in [0.15, 0.2) is 39.4 Å². The van der Waals surface area contributed by atoms with E-state index in [9.17, 15) is 24.3 Å². The number of ether oxygens (including phenoxy) is 11. The Morgan fingerprint density at radius 2 is 1.59 bits per heavy atom. The molecule has 2 fully saturated rings. The molecular weight excluding hydrogens is 1020 g/mol. The molecule has 1 aromatic carbocycles. The van der Waals surface area contributed by atoms with Crippen LogP contribution in [0.3, 0.4) is 0 Å². The van der Waals surface area contributed by atoms with Crippen molar-refractivity contribution in [3.05, 3.63) is 66.4 Å². The van der Waals surface area contributed by atoms with Crippen LogP contribution in [0.1, 0.15) is 118 Å². The molecule has 3 aliphatic heterocycles. The monoisotopic (exact) mass is 1110 g/mol. The smallest absolute Gasteiger partial charge is 0.357 e. The molecule has 0 unspecified atom stereocenters. The molecule has 2 aromatic rings. The van der Waals surface area contributed by atoms with Crippen molar-refractivity contribution in [1.29, 1.82) is 0 Å². The summed E-state index contributed by atoms with van der Waals surface area (Å²) >= 11 is 0. The van der Waals surface area contributed by atoms with Crippen LogP contribution in [-0.2, 0) is 70.9 Å². The third-order valence-corrected chi connectivity index (χ3v) is 20.0. The number of cyclic esters (lactones) is 1. The molecule has 2 saturated heterocycles. The van der Waals surface area contributed by atoms with E-state index in [1.807, 2.05) is 41.3 Å². The van der Waals surface area contributed by atoms with Gasteiger partial charge in [-0.1, -0.05) is 83.2 Å². The Morgan fingerprint density at radius 1 is 0.897 bits per heavy atom. The number of pyridine rings is 1. The molecule has 0 amide bonds. The topological polar surface area (TPSA) is 215 Å². The summed E-state index contributed by atoms with van der Waals surface area (Å²) in [5.41, 5.74) is -0.978. The van der Waals surface area contributed by atoms with Crippen LogP contribution in [0, 0.1) is 11.8 Å². The molecule has 3 aliphatic rings. The van der Waals surface area contributed by atoms with Crippen LogP contribution in [0.25, 0.3) is 10.9 Å². The predicted octanol–water partition coefficient (Wildman–Crippen LogP) is 8.24. The number of benzene rings is 1. The Balaban J connectivity index is 1.68. The number of methoxy groups -OCH3 is 3. The lowest BCUT2D eigenvalue weighted by molar-refractivity contribution is -0.345. The first kappa shape index (κ1) is 64.6. The summed E-state index contributed by atoms with van der Waals surface area (Å²) in [4.78, 5) is 61.0. The number of hydrogen-bond donors (Lipinski definition) is 1. The molecule has 0 radical (unpaired) electrons. The number of aromatic nitrogens is 1. The first-order valence-corrected chi connectivity index (χ1v) is 30.3. The van der Waals surface area contributed by atoms with Crippen molar-refractivity contribution < 1.29 is 80.8 Å². The molecule has 4 heterocycles. The quantitative estimate of drug-likeness (QED) is 0.0683. The van der Waals surface area contributed by atoms with Crippen molar-refractivity contribution in [3.63, 3.8) is 0 Å². The van der Waals surface area contributed by atoms with Crippen LogP contribution in [0.5, 0.6) is 0 Å². The van der Waals surface area contributed by atoms with Crippen molar-refractivity contribution in [1.82, 2.24) is 9.88 Å². The lowest BCUT2D eigenvalue weighted by atomic mass is 9.82. The lowest BCUT2D eigenvalue weighted by Crippen LogP contribution is -2.66. The number of rotatable bonds is 17. The van der Waals surface area contributed by atoms with E-state index in [1.54, 1.807) is 66.9 Å². The van der Waals surface area contributed by atoms with Gasteiger partial charge in [-0.2, -0.15) is 0 Å². The Labute approximate surface area is 463 Å². The Morgan fingerprint density at radius 3 is 2.21 bits per heavy atom. The molecule has 0 spiro atoms. The van der Waals surface area contributed by atoms with E-state index >= 15 is 0 Å². The van der Waals surface area contributed by atoms with Gasteiger partial charge in [0.2, 0.25) is 0 Å². The Kier molecular flexibility index (Phi) is 23.6. The number of hydrogen-bond acceptors (Lipinski definition) is 19. The number of para-hydroxylation sites is 1. The van der Waals surface area contributed by atoms with E-state index in [1.165, 1.54) is 28.3 Å². The Bertz CT molecular complexity index is 2340. The predicted molar refractivity (Wildman–Crippen MR) is 293 cm³/mol. The summed E-state index contributed by atoms with van der Waals surface area (Å²) in [5.74, 6) is -3.47. The van der Waals surface area contributed by atoms with E-state index < -0.39 is 136 Å². The maximum atomic E-state index is 14.5. The summed E-state index contributed by atoms with van der Waals surface area (Å²) in [6.07, 6.45) is -4.20. The first-order valence-electron chi connectivity index (χ1n) is 27.4. The minimum atomic E-state index is -2.42. The van der Waals surface area contributed by atoms with Crippen LogP contribution in [0.2, 0.25) is 18.1 Å². The van der Waals surface area contributed by atoms with Gasteiger partial charge in [-0.25, -0.2) is 9.78 Å². The van der Waals surface area contributed by atoms with E-state index in [4.69, 9.17) is 56.5 Å². The molecule has 19 nitrogen and oxygen atoms in total. The maximum absolute atomic E-state index is 14.5. The minimum Gasteiger partial charge on any atom is -0.462 e. The second kappa shape index (κ2) is 28.5. The summed E-state index contributed by atoms with van der Waals surface area (Å²) in [5, 5.41) is 12.4. The maximum Gasteiger partial charge on any atom is 0.357 e. The molecule has 5 rings (SSSR count). The fraction of sp³-hybridized carbons (Fsp3) is 0.707. The van der Waals surface area contributed by atoms with Crippen LogP contribution in [0.4, 0.5) is 0 Å². The van der Waals surface area contributed by atoms with E-state index in [0.29, 0.717) is 18.4 Å². The highest BCUT2D eigenvalue weighted by Crippen LogP contribution is 2.42. The standard InChI is InChI=1S/C58H90N2O17Si/c1-18-45(62)74-54-37(5)70-48(33-58(54,10)65)75-50-36(4)71-56(53(72-38(6)61)49(50)60(11)12)76-51-40(31-47(66-13)67-14)30-34(2)43(77-78(16,17)57(7,8)9)27-21-19-20-24-35(3)69-46(63)32-44(52(51)68-15)73-55(64)42-29-28-39-25-22-23-26-41(39)59-42/h19-23,25-29,34-37,40,43-44,47-54,56,65H,18,24,30-33H2,1-17H3/b20-19+,27-21+/t34-,35-,36-,37+,40-,43+,44-,48+,49+,50-,51+,52+,53-,54+,56+,58-/m1/s1. The largest absolute Gasteiger partial charge is 0.462 e. The number of nitrogens with zero attached hydrogens (tertiary/aromatic N) is 2. The third-order valence-electron chi connectivity index (χ3n) is 15.5. The molecule has 1 aromatic heterocycles. The molecule has 0 saturated carbocycles. The normalized spacial score (nSPS) is 33.7. The summed E-state index contributed by atoms with van der Waals surface area (Å²) < 4.78 is 77.0. The van der Waals surface area contributed by atoms with Crippen molar-refractivity contribution in [2.24, 2.45) is 11.8 Å². The number of allylic oxidation sites excluding steroid dienone is 2. The van der Waals surface area contributed by atoms with Gasteiger partial charge in [0.05, 0.1) is 42.4 Å². The second-order valence-electron chi connectivity index (χ2n) is 23.1. The van der Waals surface area contributed by atoms with Gasteiger partial charge >= 0.3 is 23.9 Å². The molecule has 1 N–H and O–H groups in total. The van der Waals surface area contributed by atoms with E-state index in [0.717, 1.165) is 5.39 Å². The summed E-state index contributed by atoms with van der Waals surface area (Å²) in [7, 11) is 5.70. The van der Waals surface area contributed by atoms with Crippen LogP contribution < -0.4 is 0 Å². The van der Waals surface area contributed by atoms with Crippen molar-refractivity contribution in [2.45, 2.75) is 217 Å². The second-order valence-corrected chi connectivity index (χ2v) is 27.8. The van der Waals surface area contributed by atoms with Crippen LogP contribution in [-0.4, -0.2) is 174 Å². The van der Waals surface area contributed by atoms with Gasteiger partial charge in [0.1, 0.15) is 35.7 Å². The zero-order valence-electron chi connectivity index (χ0n) is 49.1. The van der Waals surface area contributed by atoms with Crippen LogP contribution in [0.15, 0.2) is 60.7 Å². The molecule has 78 heavy (non-hydrogen) atoms. The fourth-order valence-electron chi connectivity index (χ4n) is 10.3. The zero-order valence-corrected chi connectivity index (χ0v) is 50.1. The summed E-state index contributed by atoms with van der Waals surface area (Å²) in [6, 6.07) is 9.90. The summed E-state index contributed by atoms with van der Waals surface area (Å²) in [6.45, 7) is 22.9. The van der Waals surface area contributed by atoms with Gasteiger partial charge in [-0.05, 0) is 90.3 Å². The van der Waals surface area contributed by atoms with E-state index in [2.05, 4.69) is 51.8 Å². The average Bonchev–Trinajstić information content (AvgIpc) is 3.41. The van der Waals surface area contributed by atoms with Gasteiger partial charge in [0.25, 0.3) is 0 Å². The highest BCUT2D eigenvalue weighted by molar-refractivity contribution is 6.74. The van der Waals surface area contributed by atoms with Gasteiger partial charge < -0.3 is 66.5 Å². The van der Waals surface area contributed by atoms with Crippen molar-refractivity contribution in [3.8, 4) is 0 Å². The number of fused-ring (bicyclic) bond motifs is 1. The molecule has 0 bridgehead atoms. The number of carbonyl (C=O) groups is 4. The highest BCUT2D eigenvalue weighted by Gasteiger charge is 2.55. The fourth-order valence-corrected chi connectivity index (χ4v) is 11.7. The average molecular weight is 1120 g/mol. The van der Waals surface area contributed by atoms with E-state index in [-0.39, 0.29) is 35.9 Å². The third kappa shape index (κ3) is 17.2. The molecular formula is C58H90N2O17Si. The number of esters is 4. The van der Waals surface area contributed by atoms with Crippen molar-refractivity contribution in [2.75, 3.05) is 35.4 Å². The zero-order chi connectivity index (χ0) is 57.9. The SMILES string of the molecule is CCC(=O)O[C@H]1[C@H](C)O[C@@H](O[C@H]2[C@H](N(C)C)[C@@H](OC(C)=O)[C@H](O[C@H]3[C@@H](CC(OC)OC)C[C@@H](C)[C@@H](O[Si](C)(C)C(C)(C)C)/C=C/C=C/C[C@@H](C)OC(=O)C[C@@H](OC(=O)c4ccc5ccccc5n4)[C@@H]3OC)O[C@@H]2C)C[C@@]1(C)O. The molecule has 16 atom stereocenters. The van der Waals surface area contributed by atoms with Gasteiger partial charge in [0, 0.05) is 59.3 Å². The first-order chi connectivity index (χ1) is 36.6. The molecule has 20 heteroatoms.